The second kappa shape index (κ2) is 5.64. The van der Waals surface area contributed by atoms with Crippen molar-refractivity contribution < 1.29 is 9.59 Å². The molecule has 4 heteroatoms. The molecule has 2 N–H and O–H groups in total. The van der Waals surface area contributed by atoms with Gasteiger partial charge in [-0.2, -0.15) is 0 Å². The van der Waals surface area contributed by atoms with E-state index in [9.17, 15) is 9.59 Å². The number of hydrogen-bond donors (Lipinski definition) is 1. The predicted octanol–water partition coefficient (Wildman–Crippen LogP) is 2.89. The minimum absolute atomic E-state index is 0.143. The van der Waals surface area contributed by atoms with Gasteiger partial charge >= 0.3 is 0 Å². The van der Waals surface area contributed by atoms with Crippen LogP contribution in [-0.4, -0.2) is 22.8 Å². The SMILES string of the molecule is CC[C@H](Cc1ccc(N)cc1)N1C(=O)c2ccccc2C1=O. The van der Waals surface area contributed by atoms with Crippen molar-refractivity contribution in [3.63, 3.8) is 0 Å². The van der Waals surface area contributed by atoms with Crippen LogP contribution in [0.5, 0.6) is 0 Å². The van der Waals surface area contributed by atoms with Crippen LogP contribution in [0.3, 0.4) is 0 Å². The monoisotopic (exact) mass is 294 g/mol. The van der Waals surface area contributed by atoms with Gasteiger partial charge < -0.3 is 5.73 Å². The third-order valence-electron chi connectivity index (χ3n) is 4.11. The summed E-state index contributed by atoms with van der Waals surface area (Å²) < 4.78 is 0. The molecule has 1 aliphatic rings. The molecule has 22 heavy (non-hydrogen) atoms. The number of amides is 2. The fourth-order valence-corrected chi connectivity index (χ4v) is 2.88. The summed E-state index contributed by atoms with van der Waals surface area (Å²) in [4.78, 5) is 26.5. The van der Waals surface area contributed by atoms with Crippen LogP contribution in [0.2, 0.25) is 0 Å². The lowest BCUT2D eigenvalue weighted by molar-refractivity contribution is 0.0579. The van der Waals surface area contributed by atoms with Crippen LogP contribution in [0, 0.1) is 0 Å². The van der Waals surface area contributed by atoms with Crippen LogP contribution >= 0.6 is 0 Å². The Morgan fingerprint density at radius 3 is 2.00 bits per heavy atom. The molecule has 0 fully saturated rings. The zero-order valence-electron chi connectivity index (χ0n) is 12.5. The first kappa shape index (κ1) is 14.3. The molecule has 0 saturated heterocycles. The van der Waals surface area contributed by atoms with Crippen molar-refractivity contribution in [3.05, 3.63) is 65.2 Å². The van der Waals surface area contributed by atoms with E-state index in [1.807, 2.05) is 31.2 Å². The Morgan fingerprint density at radius 1 is 0.955 bits per heavy atom. The zero-order chi connectivity index (χ0) is 15.7. The van der Waals surface area contributed by atoms with E-state index in [1.54, 1.807) is 24.3 Å². The number of anilines is 1. The molecule has 112 valence electrons. The maximum atomic E-state index is 12.5. The third kappa shape index (κ3) is 2.37. The first-order chi connectivity index (χ1) is 10.6. The fraction of sp³-hybridized carbons (Fsp3) is 0.222. The standard InChI is InChI=1S/C18H18N2O2/c1-2-14(11-12-7-9-13(19)10-8-12)20-17(21)15-5-3-4-6-16(15)18(20)22/h3-10,14H,2,11,19H2,1H3/t14-/m1/s1. The summed E-state index contributed by atoms with van der Waals surface area (Å²) in [5.41, 5.74) is 8.47. The smallest absolute Gasteiger partial charge is 0.261 e. The van der Waals surface area contributed by atoms with Crippen molar-refractivity contribution in [2.24, 2.45) is 0 Å². The van der Waals surface area contributed by atoms with Gasteiger partial charge in [-0.3, -0.25) is 14.5 Å². The van der Waals surface area contributed by atoms with Crippen molar-refractivity contribution in [3.8, 4) is 0 Å². The molecule has 0 unspecified atom stereocenters. The number of rotatable bonds is 4. The molecule has 0 spiro atoms. The average Bonchev–Trinajstić information content (AvgIpc) is 2.79. The largest absolute Gasteiger partial charge is 0.399 e. The summed E-state index contributed by atoms with van der Waals surface area (Å²) in [7, 11) is 0. The van der Waals surface area contributed by atoms with E-state index in [0.717, 1.165) is 12.0 Å². The first-order valence-electron chi connectivity index (χ1n) is 7.43. The van der Waals surface area contributed by atoms with Crippen molar-refractivity contribution in [2.45, 2.75) is 25.8 Å². The highest BCUT2D eigenvalue weighted by Crippen LogP contribution is 2.27. The first-order valence-corrected chi connectivity index (χ1v) is 7.43. The lowest BCUT2D eigenvalue weighted by Crippen LogP contribution is -2.40. The number of nitrogens with zero attached hydrogens (tertiary/aromatic N) is 1. The zero-order valence-corrected chi connectivity index (χ0v) is 12.5. The van der Waals surface area contributed by atoms with Gasteiger partial charge in [0.25, 0.3) is 11.8 Å². The van der Waals surface area contributed by atoms with E-state index in [-0.39, 0.29) is 17.9 Å². The van der Waals surface area contributed by atoms with Crippen molar-refractivity contribution >= 4 is 17.5 Å². The normalized spacial score (nSPS) is 15.0. The lowest BCUT2D eigenvalue weighted by Gasteiger charge is -2.25. The third-order valence-corrected chi connectivity index (χ3v) is 4.11. The Bertz CT molecular complexity index is 687. The van der Waals surface area contributed by atoms with Crippen molar-refractivity contribution in [1.82, 2.24) is 4.90 Å². The quantitative estimate of drug-likeness (QED) is 0.696. The number of nitrogens with two attached hydrogens (primary N) is 1. The van der Waals surface area contributed by atoms with Crippen LogP contribution < -0.4 is 5.73 Å². The van der Waals surface area contributed by atoms with E-state index in [4.69, 9.17) is 5.73 Å². The molecule has 0 saturated carbocycles. The molecule has 0 aromatic heterocycles. The van der Waals surface area contributed by atoms with Crippen molar-refractivity contribution in [1.29, 1.82) is 0 Å². The van der Waals surface area contributed by atoms with Gasteiger partial charge in [0.2, 0.25) is 0 Å². The molecule has 0 aliphatic carbocycles. The van der Waals surface area contributed by atoms with Crippen LogP contribution in [0.25, 0.3) is 0 Å². The van der Waals surface area contributed by atoms with Gasteiger partial charge in [0.15, 0.2) is 0 Å². The number of benzene rings is 2. The number of nitrogen functional groups attached to an aromatic ring is 1. The molecular weight excluding hydrogens is 276 g/mol. The van der Waals surface area contributed by atoms with Crippen molar-refractivity contribution in [2.75, 3.05) is 5.73 Å². The minimum atomic E-state index is -0.192. The van der Waals surface area contributed by atoms with Gasteiger partial charge in [0, 0.05) is 11.7 Å². The van der Waals surface area contributed by atoms with E-state index < -0.39 is 0 Å². The Morgan fingerprint density at radius 2 is 1.50 bits per heavy atom. The minimum Gasteiger partial charge on any atom is -0.399 e. The summed E-state index contributed by atoms with van der Waals surface area (Å²) in [5.74, 6) is -0.384. The van der Waals surface area contributed by atoms with Crippen LogP contribution in [-0.2, 0) is 6.42 Å². The summed E-state index contributed by atoms with van der Waals surface area (Å²) in [5, 5.41) is 0. The van der Waals surface area contributed by atoms with E-state index in [2.05, 4.69) is 0 Å². The Balaban J connectivity index is 1.87. The Labute approximate surface area is 129 Å². The molecule has 1 atom stereocenters. The molecule has 2 aromatic carbocycles. The molecule has 2 aromatic rings. The molecule has 1 aliphatic heterocycles. The number of fused-ring (bicyclic) bond motifs is 1. The van der Waals surface area contributed by atoms with E-state index in [1.165, 1.54) is 4.90 Å². The van der Waals surface area contributed by atoms with E-state index >= 15 is 0 Å². The summed E-state index contributed by atoms with van der Waals surface area (Å²) in [6, 6.07) is 14.4. The van der Waals surface area contributed by atoms with Gasteiger partial charge in [-0.05, 0) is 42.7 Å². The number of carbonyl (C=O) groups excluding carboxylic acids is 2. The predicted molar refractivity (Wildman–Crippen MR) is 85.6 cm³/mol. The molecule has 1 heterocycles. The summed E-state index contributed by atoms with van der Waals surface area (Å²) in [6.45, 7) is 1.99. The molecule has 3 rings (SSSR count). The van der Waals surface area contributed by atoms with Gasteiger partial charge in [0.05, 0.1) is 11.1 Å². The lowest BCUT2D eigenvalue weighted by atomic mass is 10.0. The Hall–Kier alpha value is -2.62. The van der Waals surface area contributed by atoms with Gasteiger partial charge in [-0.1, -0.05) is 31.2 Å². The highest BCUT2D eigenvalue weighted by atomic mass is 16.2. The highest BCUT2D eigenvalue weighted by Gasteiger charge is 2.38. The molecule has 0 bridgehead atoms. The molecular formula is C18H18N2O2. The van der Waals surface area contributed by atoms with Gasteiger partial charge in [-0.25, -0.2) is 0 Å². The average molecular weight is 294 g/mol. The highest BCUT2D eigenvalue weighted by molar-refractivity contribution is 6.21. The second-order valence-corrected chi connectivity index (χ2v) is 5.53. The van der Waals surface area contributed by atoms with E-state index in [0.29, 0.717) is 23.2 Å². The summed E-state index contributed by atoms with van der Waals surface area (Å²) in [6.07, 6.45) is 1.36. The number of imide groups is 1. The van der Waals surface area contributed by atoms with Crippen LogP contribution in [0.1, 0.15) is 39.6 Å². The number of carbonyl (C=O) groups is 2. The molecule has 4 nitrogen and oxygen atoms in total. The second-order valence-electron chi connectivity index (χ2n) is 5.53. The molecule has 2 amide bonds. The van der Waals surface area contributed by atoms with Crippen LogP contribution in [0.15, 0.2) is 48.5 Å². The Kier molecular flexibility index (Phi) is 3.67. The summed E-state index contributed by atoms with van der Waals surface area (Å²) >= 11 is 0. The maximum Gasteiger partial charge on any atom is 0.261 e. The number of hydrogen-bond acceptors (Lipinski definition) is 3. The van der Waals surface area contributed by atoms with Gasteiger partial charge in [-0.15, -0.1) is 0 Å². The maximum absolute atomic E-state index is 12.5. The fourth-order valence-electron chi connectivity index (χ4n) is 2.88. The molecule has 0 radical (unpaired) electrons. The topological polar surface area (TPSA) is 63.4 Å². The van der Waals surface area contributed by atoms with Gasteiger partial charge in [0.1, 0.15) is 0 Å². The van der Waals surface area contributed by atoms with Crippen LogP contribution in [0.4, 0.5) is 5.69 Å².